The Labute approximate surface area is 164 Å². The van der Waals surface area contributed by atoms with Crippen LogP contribution in [0.1, 0.15) is 23.6 Å². The molecule has 1 amide bonds. The smallest absolute Gasteiger partial charge is 0.274 e. The summed E-state index contributed by atoms with van der Waals surface area (Å²) in [4.78, 5) is 26.5. The number of piperazine rings is 1. The first kappa shape index (κ1) is 20.0. The minimum Gasteiger partial charge on any atom is -0.338 e. The molecule has 148 valence electrons. The lowest BCUT2D eigenvalue weighted by Crippen LogP contribution is -2.57. The average Bonchev–Trinajstić information content (AvgIpc) is 2.73. The number of benzene rings is 2. The van der Waals surface area contributed by atoms with Crippen molar-refractivity contribution < 1.29 is 9.72 Å². The quantitative estimate of drug-likeness (QED) is 0.591. The maximum atomic E-state index is 13.5. The van der Waals surface area contributed by atoms with Gasteiger partial charge in [0.25, 0.3) is 5.69 Å². The first-order valence-electron chi connectivity index (χ1n) is 9.46. The van der Waals surface area contributed by atoms with Crippen molar-refractivity contribution in [2.75, 3.05) is 26.2 Å². The van der Waals surface area contributed by atoms with Gasteiger partial charge < -0.3 is 10.2 Å². The molecule has 28 heavy (non-hydrogen) atoms. The monoisotopic (exact) mass is 382 g/mol. The molecule has 3 rings (SSSR count). The molecule has 1 heterocycles. The van der Waals surface area contributed by atoms with Crippen molar-refractivity contribution in [3.63, 3.8) is 0 Å². The predicted octanol–water partition coefficient (Wildman–Crippen LogP) is 2.34. The normalized spacial score (nSPS) is 16.4. The lowest BCUT2D eigenvalue weighted by Gasteiger charge is -2.37. The van der Waals surface area contributed by atoms with Crippen LogP contribution in [-0.4, -0.2) is 41.9 Å². The van der Waals surface area contributed by atoms with Crippen molar-refractivity contribution in [2.24, 2.45) is 0 Å². The van der Waals surface area contributed by atoms with Gasteiger partial charge in [0.1, 0.15) is 5.54 Å². The van der Waals surface area contributed by atoms with Crippen molar-refractivity contribution in [1.82, 2.24) is 15.5 Å². The predicted molar refractivity (Wildman–Crippen MR) is 108 cm³/mol. The molecule has 0 saturated carbocycles. The zero-order chi connectivity index (χ0) is 20.1. The molecular formula is C21H26N4O3. The Morgan fingerprint density at radius 1 is 1.18 bits per heavy atom. The minimum absolute atomic E-state index is 0.0510. The molecule has 1 saturated heterocycles. The van der Waals surface area contributed by atoms with Gasteiger partial charge in [-0.15, -0.1) is 0 Å². The van der Waals surface area contributed by atoms with Gasteiger partial charge in [-0.1, -0.05) is 42.0 Å². The summed E-state index contributed by atoms with van der Waals surface area (Å²) in [7, 11) is 0. The SMILES string of the molecule is Cc1ccc(CN[C@@](C)(C(=O)N2CCNCC2)c2ccccc2[N+](=O)[O-])cc1. The molecule has 0 radical (unpaired) electrons. The number of aryl methyl sites for hydroxylation is 1. The highest BCUT2D eigenvalue weighted by atomic mass is 16.6. The van der Waals surface area contributed by atoms with Crippen LogP contribution < -0.4 is 10.6 Å². The van der Waals surface area contributed by atoms with E-state index in [-0.39, 0.29) is 11.6 Å². The van der Waals surface area contributed by atoms with Crippen LogP contribution in [0.5, 0.6) is 0 Å². The van der Waals surface area contributed by atoms with Crippen molar-refractivity contribution >= 4 is 11.6 Å². The van der Waals surface area contributed by atoms with Crippen LogP contribution in [0.4, 0.5) is 5.69 Å². The fourth-order valence-corrected chi connectivity index (χ4v) is 3.51. The summed E-state index contributed by atoms with van der Waals surface area (Å²) in [6, 6.07) is 14.5. The molecule has 1 fully saturated rings. The van der Waals surface area contributed by atoms with Gasteiger partial charge >= 0.3 is 0 Å². The minimum atomic E-state index is -1.20. The van der Waals surface area contributed by atoms with Gasteiger partial charge in [-0.3, -0.25) is 20.2 Å². The zero-order valence-corrected chi connectivity index (χ0v) is 16.3. The first-order chi connectivity index (χ1) is 13.4. The van der Waals surface area contributed by atoms with E-state index in [2.05, 4.69) is 10.6 Å². The average molecular weight is 382 g/mol. The maximum absolute atomic E-state index is 13.5. The highest BCUT2D eigenvalue weighted by molar-refractivity contribution is 5.88. The van der Waals surface area contributed by atoms with Gasteiger partial charge in [0.15, 0.2) is 0 Å². The zero-order valence-electron chi connectivity index (χ0n) is 16.3. The number of nitrogens with one attached hydrogen (secondary N) is 2. The lowest BCUT2D eigenvalue weighted by molar-refractivity contribution is -0.386. The number of para-hydroxylation sites is 1. The third-order valence-electron chi connectivity index (χ3n) is 5.24. The molecule has 2 N–H and O–H groups in total. The molecule has 7 nitrogen and oxygen atoms in total. The van der Waals surface area contributed by atoms with E-state index in [0.29, 0.717) is 25.2 Å². The third kappa shape index (κ3) is 4.21. The number of hydrogen-bond acceptors (Lipinski definition) is 5. The first-order valence-corrected chi connectivity index (χ1v) is 9.46. The van der Waals surface area contributed by atoms with Crippen LogP contribution in [0.3, 0.4) is 0 Å². The highest BCUT2D eigenvalue weighted by Gasteiger charge is 2.42. The second kappa shape index (κ2) is 8.50. The van der Waals surface area contributed by atoms with Crippen LogP contribution in [0.25, 0.3) is 0 Å². The van der Waals surface area contributed by atoms with Crippen LogP contribution in [0.2, 0.25) is 0 Å². The fourth-order valence-electron chi connectivity index (χ4n) is 3.51. The number of amides is 1. The molecule has 0 aliphatic carbocycles. The van der Waals surface area contributed by atoms with E-state index in [0.717, 1.165) is 24.2 Å². The number of nitrogens with zero attached hydrogens (tertiary/aromatic N) is 2. The lowest BCUT2D eigenvalue weighted by atomic mass is 9.88. The fraction of sp³-hybridized carbons (Fsp3) is 0.381. The van der Waals surface area contributed by atoms with Crippen LogP contribution in [0, 0.1) is 17.0 Å². The Balaban J connectivity index is 1.96. The van der Waals surface area contributed by atoms with E-state index < -0.39 is 10.5 Å². The summed E-state index contributed by atoms with van der Waals surface area (Å²) >= 11 is 0. The molecule has 1 aliphatic rings. The Bertz CT molecular complexity index is 847. The van der Waals surface area contributed by atoms with Gasteiger partial charge in [0.05, 0.1) is 10.5 Å². The Kier molecular flexibility index (Phi) is 6.06. The van der Waals surface area contributed by atoms with E-state index >= 15 is 0 Å². The standard InChI is InChI=1S/C21H26N4O3/c1-16-7-9-17(10-8-16)15-23-21(2,20(26)24-13-11-22-12-14-24)18-5-3-4-6-19(18)25(27)28/h3-10,22-23H,11-15H2,1-2H3/t21-/m1/s1. The molecule has 0 aromatic heterocycles. The van der Waals surface area contributed by atoms with Gasteiger partial charge in [-0.25, -0.2) is 0 Å². The van der Waals surface area contributed by atoms with Crippen molar-refractivity contribution in [3.05, 3.63) is 75.3 Å². The number of nitro groups is 1. The summed E-state index contributed by atoms with van der Waals surface area (Å²) in [5.74, 6) is -0.143. The topological polar surface area (TPSA) is 87.5 Å². The molecule has 0 unspecified atom stereocenters. The van der Waals surface area contributed by atoms with Crippen LogP contribution in [0.15, 0.2) is 48.5 Å². The van der Waals surface area contributed by atoms with Crippen molar-refractivity contribution in [3.8, 4) is 0 Å². The molecular weight excluding hydrogens is 356 g/mol. The number of carbonyl (C=O) groups is 1. The van der Waals surface area contributed by atoms with E-state index in [1.54, 1.807) is 30.0 Å². The van der Waals surface area contributed by atoms with E-state index in [9.17, 15) is 14.9 Å². The second-order valence-electron chi connectivity index (χ2n) is 7.28. The molecule has 0 spiro atoms. The molecule has 2 aromatic carbocycles. The maximum Gasteiger partial charge on any atom is 0.274 e. The summed E-state index contributed by atoms with van der Waals surface area (Å²) < 4.78 is 0. The molecule has 2 aromatic rings. The Hall–Kier alpha value is -2.77. The largest absolute Gasteiger partial charge is 0.338 e. The summed E-state index contributed by atoms with van der Waals surface area (Å²) in [5, 5.41) is 18.2. The molecule has 7 heteroatoms. The van der Waals surface area contributed by atoms with Crippen molar-refractivity contribution in [1.29, 1.82) is 0 Å². The van der Waals surface area contributed by atoms with Gasteiger partial charge in [-0.2, -0.15) is 0 Å². The number of hydrogen-bond donors (Lipinski definition) is 2. The Morgan fingerprint density at radius 3 is 2.46 bits per heavy atom. The number of nitro benzene ring substituents is 1. The van der Waals surface area contributed by atoms with Crippen LogP contribution >= 0.6 is 0 Å². The van der Waals surface area contributed by atoms with E-state index in [4.69, 9.17) is 0 Å². The van der Waals surface area contributed by atoms with Gasteiger partial charge in [-0.05, 0) is 25.5 Å². The summed E-state index contributed by atoms with van der Waals surface area (Å²) in [6.07, 6.45) is 0. The second-order valence-corrected chi connectivity index (χ2v) is 7.28. The van der Waals surface area contributed by atoms with E-state index in [1.165, 1.54) is 6.07 Å². The van der Waals surface area contributed by atoms with Crippen LogP contribution in [-0.2, 0) is 16.9 Å². The van der Waals surface area contributed by atoms with Crippen molar-refractivity contribution in [2.45, 2.75) is 25.9 Å². The Morgan fingerprint density at radius 2 is 1.82 bits per heavy atom. The molecule has 1 aliphatic heterocycles. The summed E-state index contributed by atoms with van der Waals surface area (Å²) in [5.41, 5.74) is 1.30. The van der Waals surface area contributed by atoms with Gasteiger partial charge in [0, 0.05) is 38.8 Å². The van der Waals surface area contributed by atoms with Gasteiger partial charge in [0.2, 0.25) is 5.91 Å². The number of rotatable bonds is 6. The van der Waals surface area contributed by atoms with E-state index in [1.807, 2.05) is 31.2 Å². The summed E-state index contributed by atoms with van der Waals surface area (Å²) in [6.45, 7) is 6.80. The highest BCUT2D eigenvalue weighted by Crippen LogP contribution is 2.32. The number of carbonyl (C=O) groups excluding carboxylic acids is 1. The third-order valence-corrected chi connectivity index (χ3v) is 5.24. The molecule has 1 atom stereocenters. The molecule has 0 bridgehead atoms.